The van der Waals surface area contributed by atoms with Crippen LogP contribution in [-0.2, 0) is 0 Å². The van der Waals surface area contributed by atoms with Crippen LogP contribution in [0, 0.1) is 12.8 Å². The van der Waals surface area contributed by atoms with Crippen LogP contribution in [0.5, 0.6) is 0 Å². The minimum Gasteiger partial charge on any atom is -0.347 e. The lowest BCUT2D eigenvalue weighted by Crippen LogP contribution is -2.62. The summed E-state index contributed by atoms with van der Waals surface area (Å²) >= 11 is 1.58. The van der Waals surface area contributed by atoms with Crippen LogP contribution in [0.4, 0.5) is 0 Å². The molecule has 1 aromatic heterocycles. The van der Waals surface area contributed by atoms with E-state index in [1.807, 2.05) is 19.1 Å². The van der Waals surface area contributed by atoms with E-state index >= 15 is 0 Å². The number of rotatable bonds is 2. The largest absolute Gasteiger partial charge is 0.347 e. The van der Waals surface area contributed by atoms with Gasteiger partial charge in [0.25, 0.3) is 5.91 Å². The molecule has 4 rings (SSSR count). The van der Waals surface area contributed by atoms with Gasteiger partial charge in [0.2, 0.25) is 0 Å². The molecule has 0 spiro atoms. The van der Waals surface area contributed by atoms with Crippen LogP contribution in [0.15, 0.2) is 12.1 Å². The van der Waals surface area contributed by atoms with E-state index in [0.29, 0.717) is 18.0 Å². The van der Waals surface area contributed by atoms with E-state index in [4.69, 9.17) is 0 Å². The van der Waals surface area contributed by atoms with Crippen LogP contribution < -0.4 is 5.32 Å². The summed E-state index contributed by atoms with van der Waals surface area (Å²) in [6.07, 6.45) is 2.47. The Morgan fingerprint density at radius 3 is 2.67 bits per heavy atom. The molecule has 3 aliphatic rings. The van der Waals surface area contributed by atoms with E-state index in [-0.39, 0.29) is 5.91 Å². The fraction of sp³-hybridized carbons (Fsp3) is 0.643. The molecule has 18 heavy (non-hydrogen) atoms. The first-order valence-corrected chi connectivity index (χ1v) is 7.58. The first-order chi connectivity index (χ1) is 8.65. The molecule has 2 unspecified atom stereocenters. The Morgan fingerprint density at radius 1 is 1.39 bits per heavy atom. The predicted octanol–water partition coefficient (Wildman–Crippen LogP) is 2.27. The van der Waals surface area contributed by atoms with Gasteiger partial charge in [-0.1, -0.05) is 0 Å². The maximum atomic E-state index is 12.2. The molecular formula is C14H20N2OS. The Morgan fingerprint density at radius 2 is 2.11 bits per heavy atom. The van der Waals surface area contributed by atoms with Gasteiger partial charge in [-0.3, -0.25) is 9.69 Å². The normalized spacial score (nSPS) is 34.6. The molecule has 3 aliphatic heterocycles. The van der Waals surface area contributed by atoms with Crippen molar-refractivity contribution in [3.05, 3.63) is 21.9 Å². The van der Waals surface area contributed by atoms with E-state index < -0.39 is 0 Å². The molecule has 1 aromatic rings. The van der Waals surface area contributed by atoms with Gasteiger partial charge in [-0.05, 0) is 57.8 Å². The molecule has 0 aliphatic carbocycles. The van der Waals surface area contributed by atoms with E-state index in [1.165, 1.54) is 30.8 Å². The zero-order valence-electron chi connectivity index (χ0n) is 11.0. The number of hydrogen-bond donors (Lipinski definition) is 1. The third kappa shape index (κ3) is 2.08. The number of amides is 1. The molecular weight excluding hydrogens is 244 g/mol. The lowest BCUT2D eigenvalue weighted by molar-refractivity contribution is 0.0218. The van der Waals surface area contributed by atoms with Crippen LogP contribution >= 0.6 is 11.3 Å². The second-order valence-electron chi connectivity index (χ2n) is 5.52. The summed E-state index contributed by atoms with van der Waals surface area (Å²) in [5, 5.41) is 3.26. The Hall–Kier alpha value is -0.870. The van der Waals surface area contributed by atoms with Crippen molar-refractivity contribution in [2.24, 2.45) is 5.92 Å². The molecule has 3 saturated heterocycles. The van der Waals surface area contributed by atoms with Gasteiger partial charge in [0.1, 0.15) is 0 Å². The molecule has 3 fully saturated rings. The molecule has 4 heterocycles. The Bertz CT molecular complexity index is 446. The van der Waals surface area contributed by atoms with Gasteiger partial charge in [-0.15, -0.1) is 11.3 Å². The Labute approximate surface area is 112 Å². The predicted molar refractivity (Wildman–Crippen MR) is 74.1 cm³/mol. The van der Waals surface area contributed by atoms with Crippen LogP contribution in [0.1, 0.15) is 34.3 Å². The van der Waals surface area contributed by atoms with Gasteiger partial charge >= 0.3 is 0 Å². The first-order valence-electron chi connectivity index (χ1n) is 6.76. The van der Waals surface area contributed by atoms with E-state index in [1.54, 1.807) is 11.3 Å². The number of carbonyl (C=O) groups excluding carboxylic acids is 1. The number of fused-ring (bicyclic) bond motifs is 3. The summed E-state index contributed by atoms with van der Waals surface area (Å²) in [4.78, 5) is 16.8. The third-order valence-electron chi connectivity index (χ3n) is 4.44. The average molecular weight is 264 g/mol. The summed E-state index contributed by atoms with van der Waals surface area (Å²) in [5.41, 5.74) is 0. The smallest absolute Gasteiger partial charge is 0.261 e. The molecule has 2 atom stereocenters. The van der Waals surface area contributed by atoms with Crippen LogP contribution in [0.2, 0.25) is 0 Å². The van der Waals surface area contributed by atoms with Crippen molar-refractivity contribution in [1.29, 1.82) is 0 Å². The lowest BCUT2D eigenvalue weighted by Gasteiger charge is -2.49. The lowest BCUT2D eigenvalue weighted by atomic mass is 9.79. The van der Waals surface area contributed by atoms with E-state index in [2.05, 4.69) is 17.1 Å². The SMILES string of the molecule is Cc1ccc(C(=O)NC2C3CCN(CC3)C2C)s1. The first kappa shape index (κ1) is 12.2. The summed E-state index contributed by atoms with van der Waals surface area (Å²) in [6.45, 7) is 6.70. The second-order valence-corrected chi connectivity index (χ2v) is 6.81. The number of thiophene rings is 1. The second kappa shape index (κ2) is 4.67. The highest BCUT2D eigenvalue weighted by Gasteiger charge is 2.40. The number of nitrogens with one attached hydrogen (secondary N) is 1. The molecule has 3 nitrogen and oxygen atoms in total. The Kier molecular flexibility index (Phi) is 3.16. The molecule has 2 bridgehead atoms. The molecule has 1 N–H and O–H groups in total. The number of carbonyl (C=O) groups is 1. The maximum Gasteiger partial charge on any atom is 0.261 e. The number of nitrogens with zero attached hydrogens (tertiary/aromatic N) is 1. The highest BCUT2D eigenvalue weighted by molar-refractivity contribution is 7.13. The molecule has 4 heteroatoms. The summed E-state index contributed by atoms with van der Waals surface area (Å²) in [7, 11) is 0. The standard InChI is InChI=1S/C14H20N2OS/c1-9-3-4-12(18-9)14(17)15-13-10(2)16-7-5-11(13)6-8-16/h3-4,10-11,13H,5-8H2,1-2H3,(H,15,17). The van der Waals surface area contributed by atoms with Gasteiger partial charge < -0.3 is 5.32 Å². The van der Waals surface area contributed by atoms with Gasteiger partial charge in [-0.2, -0.15) is 0 Å². The number of piperidine rings is 3. The average Bonchev–Trinajstić information content (AvgIpc) is 2.81. The van der Waals surface area contributed by atoms with Crippen LogP contribution in [-0.4, -0.2) is 36.0 Å². The van der Waals surface area contributed by atoms with Gasteiger partial charge in [-0.25, -0.2) is 0 Å². The van der Waals surface area contributed by atoms with Crippen molar-refractivity contribution in [2.45, 2.75) is 38.8 Å². The summed E-state index contributed by atoms with van der Waals surface area (Å²) in [6, 6.07) is 4.77. The van der Waals surface area contributed by atoms with Crippen molar-refractivity contribution in [2.75, 3.05) is 13.1 Å². The van der Waals surface area contributed by atoms with Crippen molar-refractivity contribution < 1.29 is 4.79 Å². The molecule has 1 amide bonds. The quantitative estimate of drug-likeness (QED) is 0.888. The minimum absolute atomic E-state index is 0.110. The molecule has 0 radical (unpaired) electrons. The highest BCUT2D eigenvalue weighted by Crippen LogP contribution is 2.32. The monoisotopic (exact) mass is 264 g/mol. The highest BCUT2D eigenvalue weighted by atomic mass is 32.1. The molecule has 0 saturated carbocycles. The van der Waals surface area contributed by atoms with Crippen LogP contribution in [0.3, 0.4) is 0 Å². The third-order valence-corrected chi connectivity index (χ3v) is 5.44. The Balaban J connectivity index is 1.71. The molecule has 0 aromatic carbocycles. The van der Waals surface area contributed by atoms with Crippen molar-refractivity contribution in [3.63, 3.8) is 0 Å². The van der Waals surface area contributed by atoms with Crippen molar-refractivity contribution in [1.82, 2.24) is 10.2 Å². The summed E-state index contributed by atoms with van der Waals surface area (Å²) < 4.78 is 0. The van der Waals surface area contributed by atoms with Crippen LogP contribution in [0.25, 0.3) is 0 Å². The van der Waals surface area contributed by atoms with E-state index in [9.17, 15) is 4.79 Å². The van der Waals surface area contributed by atoms with Crippen molar-refractivity contribution in [3.8, 4) is 0 Å². The van der Waals surface area contributed by atoms with Crippen molar-refractivity contribution >= 4 is 17.2 Å². The maximum absolute atomic E-state index is 12.2. The van der Waals surface area contributed by atoms with Gasteiger partial charge in [0, 0.05) is 17.0 Å². The van der Waals surface area contributed by atoms with Gasteiger partial charge in [0.15, 0.2) is 0 Å². The summed E-state index contributed by atoms with van der Waals surface area (Å²) in [5.74, 6) is 0.786. The number of hydrogen-bond acceptors (Lipinski definition) is 3. The fourth-order valence-corrected chi connectivity index (χ4v) is 4.10. The minimum atomic E-state index is 0.110. The topological polar surface area (TPSA) is 32.3 Å². The number of aryl methyl sites for hydroxylation is 1. The van der Waals surface area contributed by atoms with E-state index in [0.717, 1.165) is 4.88 Å². The fourth-order valence-electron chi connectivity index (χ4n) is 3.32. The molecule has 98 valence electrons. The zero-order chi connectivity index (χ0) is 12.7. The zero-order valence-corrected chi connectivity index (χ0v) is 11.8. The van der Waals surface area contributed by atoms with Gasteiger partial charge in [0.05, 0.1) is 4.88 Å².